The van der Waals surface area contributed by atoms with Gasteiger partial charge in [0.05, 0.1) is 11.5 Å². The van der Waals surface area contributed by atoms with Crippen LogP contribution in [-0.2, 0) is 9.84 Å². The Hall–Kier alpha value is -0.230. The molecular formula is C10H18N2O2S2. The Labute approximate surface area is 101 Å². The van der Waals surface area contributed by atoms with Crippen molar-refractivity contribution in [3.63, 3.8) is 0 Å². The van der Waals surface area contributed by atoms with Crippen LogP contribution in [0.4, 0.5) is 0 Å². The zero-order valence-corrected chi connectivity index (χ0v) is 11.1. The van der Waals surface area contributed by atoms with Gasteiger partial charge in [0.2, 0.25) is 0 Å². The van der Waals surface area contributed by atoms with Crippen molar-refractivity contribution in [2.75, 3.05) is 23.8 Å². The van der Waals surface area contributed by atoms with Gasteiger partial charge in [-0.3, -0.25) is 4.99 Å². The summed E-state index contributed by atoms with van der Waals surface area (Å²) < 4.78 is 22.5. The maximum atomic E-state index is 11.3. The third kappa shape index (κ3) is 3.13. The van der Waals surface area contributed by atoms with E-state index in [1.807, 2.05) is 0 Å². The van der Waals surface area contributed by atoms with Gasteiger partial charge in [-0.1, -0.05) is 18.7 Å². The highest BCUT2D eigenvalue weighted by molar-refractivity contribution is 8.14. The van der Waals surface area contributed by atoms with Crippen LogP contribution in [0.3, 0.4) is 0 Å². The Balaban J connectivity index is 1.82. The van der Waals surface area contributed by atoms with Crippen LogP contribution in [0, 0.1) is 5.92 Å². The lowest BCUT2D eigenvalue weighted by molar-refractivity contribution is 0.590. The molecule has 6 heteroatoms. The zero-order valence-electron chi connectivity index (χ0n) is 9.48. The molecule has 0 bridgehead atoms. The third-order valence-electron chi connectivity index (χ3n) is 3.06. The summed E-state index contributed by atoms with van der Waals surface area (Å²) in [5, 5.41) is 4.35. The number of aliphatic imine (C=N–C) groups is 1. The van der Waals surface area contributed by atoms with Crippen molar-refractivity contribution in [3.05, 3.63) is 0 Å². The molecule has 2 aliphatic heterocycles. The monoisotopic (exact) mass is 262 g/mol. The van der Waals surface area contributed by atoms with Crippen molar-refractivity contribution in [3.8, 4) is 0 Å². The molecule has 1 N–H and O–H groups in total. The van der Waals surface area contributed by atoms with E-state index in [9.17, 15) is 8.42 Å². The minimum Gasteiger partial charge on any atom is -0.361 e. The maximum Gasteiger partial charge on any atom is 0.156 e. The van der Waals surface area contributed by atoms with E-state index < -0.39 is 9.84 Å². The normalized spacial score (nSPS) is 35.4. The summed E-state index contributed by atoms with van der Waals surface area (Å²) in [5.41, 5.74) is 0. The van der Waals surface area contributed by atoms with Gasteiger partial charge in [-0.05, 0) is 18.8 Å². The highest BCUT2D eigenvalue weighted by atomic mass is 32.2. The first kappa shape index (κ1) is 12.2. The summed E-state index contributed by atoms with van der Waals surface area (Å²) in [4.78, 5) is 4.47. The van der Waals surface area contributed by atoms with Gasteiger partial charge in [-0.15, -0.1) is 0 Å². The van der Waals surface area contributed by atoms with Crippen LogP contribution in [0.5, 0.6) is 0 Å². The molecule has 2 saturated heterocycles. The van der Waals surface area contributed by atoms with Gasteiger partial charge in [0.1, 0.15) is 0 Å². The maximum absolute atomic E-state index is 11.3. The van der Waals surface area contributed by atoms with Gasteiger partial charge < -0.3 is 5.32 Å². The molecule has 16 heavy (non-hydrogen) atoms. The Bertz CT molecular complexity index is 378. The van der Waals surface area contributed by atoms with Crippen LogP contribution in [0.25, 0.3) is 0 Å². The first-order valence-electron chi connectivity index (χ1n) is 5.73. The number of hydrogen-bond donors (Lipinski definition) is 1. The smallest absolute Gasteiger partial charge is 0.156 e. The molecular weight excluding hydrogens is 244 g/mol. The number of thioether (sulfide) groups is 1. The molecule has 2 rings (SSSR count). The highest BCUT2D eigenvalue weighted by Crippen LogP contribution is 2.20. The SMILES string of the molecule is CCC1CSC(=NCC2CCS(=O)(=O)C2)N1. The van der Waals surface area contributed by atoms with E-state index in [0.29, 0.717) is 24.1 Å². The lowest BCUT2D eigenvalue weighted by Gasteiger charge is -2.06. The van der Waals surface area contributed by atoms with Crippen LogP contribution in [0.1, 0.15) is 19.8 Å². The molecule has 92 valence electrons. The van der Waals surface area contributed by atoms with E-state index in [0.717, 1.165) is 23.8 Å². The van der Waals surface area contributed by atoms with Crippen molar-refractivity contribution >= 4 is 26.8 Å². The number of amidine groups is 1. The Morgan fingerprint density at radius 1 is 1.56 bits per heavy atom. The largest absolute Gasteiger partial charge is 0.361 e. The van der Waals surface area contributed by atoms with Crippen LogP contribution in [-0.4, -0.2) is 43.4 Å². The summed E-state index contributed by atoms with van der Waals surface area (Å²) in [6.45, 7) is 2.82. The summed E-state index contributed by atoms with van der Waals surface area (Å²) >= 11 is 1.75. The topological polar surface area (TPSA) is 58.5 Å². The molecule has 4 nitrogen and oxygen atoms in total. The van der Waals surface area contributed by atoms with Gasteiger partial charge in [0, 0.05) is 18.3 Å². The zero-order chi connectivity index (χ0) is 11.6. The number of nitrogens with zero attached hydrogens (tertiary/aromatic N) is 1. The van der Waals surface area contributed by atoms with E-state index in [4.69, 9.17) is 0 Å². The average molecular weight is 262 g/mol. The Morgan fingerprint density at radius 3 is 2.94 bits per heavy atom. The predicted molar refractivity (Wildman–Crippen MR) is 68.7 cm³/mol. The van der Waals surface area contributed by atoms with Crippen molar-refractivity contribution in [2.24, 2.45) is 10.9 Å². The van der Waals surface area contributed by atoms with Gasteiger partial charge >= 0.3 is 0 Å². The number of nitrogens with one attached hydrogen (secondary N) is 1. The van der Waals surface area contributed by atoms with E-state index >= 15 is 0 Å². The second kappa shape index (κ2) is 4.96. The van der Waals surface area contributed by atoms with Gasteiger partial charge in [0.25, 0.3) is 0 Å². The molecule has 0 amide bonds. The molecule has 0 aromatic rings. The third-order valence-corrected chi connectivity index (χ3v) is 5.99. The van der Waals surface area contributed by atoms with E-state index in [-0.39, 0.29) is 5.92 Å². The first-order valence-corrected chi connectivity index (χ1v) is 8.54. The summed E-state index contributed by atoms with van der Waals surface area (Å²) in [6, 6.07) is 0.538. The summed E-state index contributed by atoms with van der Waals surface area (Å²) in [7, 11) is -2.75. The minimum atomic E-state index is -2.75. The number of hydrogen-bond acceptors (Lipinski definition) is 4. The molecule has 0 spiro atoms. The molecule has 0 aromatic carbocycles. The van der Waals surface area contributed by atoms with Gasteiger partial charge in [0.15, 0.2) is 15.0 Å². The molecule has 2 aliphatic rings. The van der Waals surface area contributed by atoms with Crippen LogP contribution < -0.4 is 5.32 Å². The lowest BCUT2D eigenvalue weighted by Crippen LogP contribution is -2.26. The second-order valence-corrected chi connectivity index (χ2v) is 7.71. The predicted octanol–water partition coefficient (Wildman–Crippen LogP) is 0.892. The molecule has 0 aromatic heterocycles. The molecule has 0 saturated carbocycles. The van der Waals surface area contributed by atoms with Crippen molar-refractivity contribution in [1.82, 2.24) is 5.32 Å². The van der Waals surface area contributed by atoms with Crippen molar-refractivity contribution in [2.45, 2.75) is 25.8 Å². The fraction of sp³-hybridized carbons (Fsp3) is 0.900. The van der Waals surface area contributed by atoms with Crippen LogP contribution in [0.15, 0.2) is 4.99 Å². The quantitative estimate of drug-likeness (QED) is 0.821. The molecule has 2 atom stereocenters. The Kier molecular flexibility index (Phi) is 3.79. The fourth-order valence-electron chi connectivity index (χ4n) is 1.98. The molecule has 0 aliphatic carbocycles. The number of rotatable bonds is 3. The molecule has 0 radical (unpaired) electrons. The second-order valence-electron chi connectivity index (χ2n) is 4.48. The summed E-state index contributed by atoms with van der Waals surface area (Å²) in [6.07, 6.45) is 1.89. The van der Waals surface area contributed by atoms with Gasteiger partial charge in [-0.2, -0.15) is 0 Å². The average Bonchev–Trinajstić information content (AvgIpc) is 2.81. The highest BCUT2D eigenvalue weighted by Gasteiger charge is 2.28. The van der Waals surface area contributed by atoms with Gasteiger partial charge in [-0.25, -0.2) is 8.42 Å². The van der Waals surface area contributed by atoms with E-state index in [2.05, 4.69) is 17.2 Å². The first-order chi connectivity index (χ1) is 7.59. The van der Waals surface area contributed by atoms with E-state index in [1.165, 1.54) is 0 Å². The molecule has 2 heterocycles. The van der Waals surface area contributed by atoms with Crippen molar-refractivity contribution in [1.29, 1.82) is 0 Å². The summed E-state index contributed by atoms with van der Waals surface area (Å²) in [5.74, 6) is 1.99. The van der Waals surface area contributed by atoms with Crippen molar-refractivity contribution < 1.29 is 8.42 Å². The molecule has 2 unspecified atom stereocenters. The molecule has 2 fully saturated rings. The minimum absolute atomic E-state index is 0.237. The van der Waals surface area contributed by atoms with Crippen LogP contribution in [0.2, 0.25) is 0 Å². The Morgan fingerprint density at radius 2 is 2.38 bits per heavy atom. The fourth-order valence-corrected chi connectivity index (χ4v) is 4.92. The number of sulfone groups is 1. The standard InChI is InChI=1S/C10H18N2O2S2/c1-2-9-6-15-10(12-9)11-5-8-3-4-16(13,14)7-8/h8-9H,2-7H2,1H3,(H,11,12). The van der Waals surface area contributed by atoms with Crippen LogP contribution >= 0.6 is 11.8 Å². The van der Waals surface area contributed by atoms with E-state index in [1.54, 1.807) is 11.8 Å². The lowest BCUT2D eigenvalue weighted by atomic mass is 10.1.